The third-order valence-corrected chi connectivity index (χ3v) is 5.95. The van der Waals surface area contributed by atoms with E-state index in [1.54, 1.807) is 6.92 Å². The molecule has 6 nitrogen and oxygen atoms in total. The number of esters is 1. The highest BCUT2D eigenvalue weighted by atomic mass is 19.4. The van der Waals surface area contributed by atoms with E-state index in [1.807, 2.05) is 20.8 Å². The SMILES string of the molecule is CC(=O)Nc1ccc(OCC2(C)CCc3c(C)c(OC(C)=O)c(C)c(C)c3O2)c(C(F)(F)F)c1. The minimum Gasteiger partial charge on any atom is -0.489 e. The first-order valence-corrected chi connectivity index (χ1v) is 10.8. The van der Waals surface area contributed by atoms with Gasteiger partial charge in [0.15, 0.2) is 0 Å². The highest BCUT2D eigenvalue weighted by Gasteiger charge is 2.38. The van der Waals surface area contributed by atoms with E-state index in [0.717, 1.165) is 28.3 Å². The van der Waals surface area contributed by atoms with Gasteiger partial charge in [0.1, 0.15) is 29.5 Å². The molecule has 1 unspecified atom stereocenters. The summed E-state index contributed by atoms with van der Waals surface area (Å²) in [6.07, 6.45) is -3.58. The van der Waals surface area contributed by atoms with Crippen LogP contribution >= 0.6 is 0 Å². The average molecular weight is 479 g/mol. The molecular formula is C25H28F3NO5. The summed E-state index contributed by atoms with van der Waals surface area (Å²) in [5, 5.41) is 2.35. The second-order valence-corrected chi connectivity index (χ2v) is 8.84. The second-order valence-electron chi connectivity index (χ2n) is 8.84. The Morgan fingerprint density at radius 3 is 2.38 bits per heavy atom. The predicted octanol–water partition coefficient (Wildman–Crippen LogP) is 5.68. The first-order chi connectivity index (χ1) is 15.7. The Balaban J connectivity index is 1.87. The Morgan fingerprint density at radius 2 is 1.79 bits per heavy atom. The number of hydrogen-bond donors (Lipinski definition) is 1. The molecule has 3 rings (SSSR count). The Bertz CT molecular complexity index is 1140. The number of amides is 1. The van der Waals surface area contributed by atoms with Gasteiger partial charge in [0, 0.05) is 25.1 Å². The summed E-state index contributed by atoms with van der Waals surface area (Å²) in [4.78, 5) is 22.7. The van der Waals surface area contributed by atoms with E-state index in [9.17, 15) is 22.8 Å². The van der Waals surface area contributed by atoms with E-state index in [4.69, 9.17) is 14.2 Å². The van der Waals surface area contributed by atoms with Gasteiger partial charge in [-0.3, -0.25) is 9.59 Å². The van der Waals surface area contributed by atoms with Gasteiger partial charge >= 0.3 is 12.1 Å². The van der Waals surface area contributed by atoms with Crippen molar-refractivity contribution in [3.8, 4) is 17.2 Å². The van der Waals surface area contributed by atoms with Crippen molar-refractivity contribution in [1.29, 1.82) is 0 Å². The maximum Gasteiger partial charge on any atom is 0.420 e. The second kappa shape index (κ2) is 9.19. The fraction of sp³-hybridized carbons (Fsp3) is 0.440. The van der Waals surface area contributed by atoms with Crippen LogP contribution in [-0.4, -0.2) is 24.1 Å². The van der Waals surface area contributed by atoms with E-state index < -0.39 is 29.2 Å². The molecule has 9 heteroatoms. The first kappa shape index (κ1) is 25.4. The number of halogens is 3. The van der Waals surface area contributed by atoms with Crippen LogP contribution in [0.4, 0.5) is 18.9 Å². The fourth-order valence-electron chi connectivity index (χ4n) is 4.07. The molecule has 1 amide bonds. The number of benzene rings is 2. The van der Waals surface area contributed by atoms with Crippen molar-refractivity contribution in [1.82, 2.24) is 0 Å². The maximum atomic E-state index is 13.6. The fourth-order valence-corrected chi connectivity index (χ4v) is 4.07. The number of carbonyl (C=O) groups is 2. The standard InChI is InChI=1S/C25H28F3NO5/c1-13-14(2)23-19(15(3)22(13)33-17(5)31)9-10-24(6,34-23)12-32-21-8-7-18(29-16(4)30)11-20(21)25(26,27)28/h7-8,11H,9-10,12H2,1-6H3,(H,29,30). The van der Waals surface area contributed by atoms with Gasteiger partial charge in [-0.05, 0) is 75.4 Å². The minimum atomic E-state index is -4.66. The number of fused-ring (bicyclic) bond motifs is 1. The molecule has 1 aliphatic rings. The van der Waals surface area contributed by atoms with Crippen molar-refractivity contribution in [3.05, 3.63) is 46.0 Å². The normalized spacial score (nSPS) is 17.4. The van der Waals surface area contributed by atoms with Crippen LogP contribution in [0.25, 0.3) is 0 Å². The molecule has 0 fully saturated rings. The monoisotopic (exact) mass is 479 g/mol. The third kappa shape index (κ3) is 5.29. The number of nitrogens with one attached hydrogen (secondary N) is 1. The van der Waals surface area contributed by atoms with Crippen LogP contribution in [0.15, 0.2) is 18.2 Å². The van der Waals surface area contributed by atoms with Crippen molar-refractivity contribution in [2.75, 3.05) is 11.9 Å². The molecule has 0 saturated heterocycles. The molecule has 1 atom stereocenters. The van der Waals surface area contributed by atoms with Crippen LogP contribution in [0.2, 0.25) is 0 Å². The number of hydrogen-bond acceptors (Lipinski definition) is 5. The highest BCUT2D eigenvalue weighted by Crippen LogP contribution is 2.44. The van der Waals surface area contributed by atoms with E-state index in [0.29, 0.717) is 24.3 Å². The molecule has 0 aromatic heterocycles. The zero-order chi connectivity index (χ0) is 25.4. The summed E-state index contributed by atoms with van der Waals surface area (Å²) in [5.74, 6) is -0.0694. The molecule has 0 spiro atoms. The summed E-state index contributed by atoms with van der Waals surface area (Å²) < 4.78 is 58.2. The molecule has 1 aliphatic heterocycles. The molecule has 0 radical (unpaired) electrons. The summed E-state index contributed by atoms with van der Waals surface area (Å²) >= 11 is 0. The van der Waals surface area contributed by atoms with Gasteiger partial charge in [-0.25, -0.2) is 0 Å². The van der Waals surface area contributed by atoms with E-state index in [-0.39, 0.29) is 18.0 Å². The highest BCUT2D eigenvalue weighted by molar-refractivity contribution is 5.88. The van der Waals surface area contributed by atoms with Crippen LogP contribution in [0.1, 0.15) is 55.0 Å². The Morgan fingerprint density at radius 1 is 1.12 bits per heavy atom. The lowest BCUT2D eigenvalue weighted by molar-refractivity contribution is -0.139. The van der Waals surface area contributed by atoms with Crippen LogP contribution in [0, 0.1) is 20.8 Å². The van der Waals surface area contributed by atoms with Gasteiger partial charge in [0.25, 0.3) is 0 Å². The predicted molar refractivity (Wildman–Crippen MR) is 121 cm³/mol. The number of alkyl halides is 3. The zero-order valence-electron chi connectivity index (χ0n) is 20.0. The molecule has 0 aliphatic carbocycles. The van der Waals surface area contributed by atoms with Gasteiger partial charge in [-0.2, -0.15) is 13.2 Å². The van der Waals surface area contributed by atoms with Crippen molar-refractivity contribution < 1.29 is 37.0 Å². The van der Waals surface area contributed by atoms with Crippen LogP contribution in [0.3, 0.4) is 0 Å². The Labute approximate surface area is 196 Å². The molecule has 1 heterocycles. The van der Waals surface area contributed by atoms with Crippen molar-refractivity contribution >= 4 is 17.6 Å². The van der Waals surface area contributed by atoms with Crippen LogP contribution < -0.4 is 19.5 Å². The molecule has 0 bridgehead atoms. The van der Waals surface area contributed by atoms with Crippen LogP contribution in [-0.2, 0) is 22.2 Å². The molecule has 34 heavy (non-hydrogen) atoms. The molecule has 2 aromatic carbocycles. The summed E-state index contributed by atoms with van der Waals surface area (Å²) in [7, 11) is 0. The smallest absolute Gasteiger partial charge is 0.420 e. The molecular weight excluding hydrogens is 451 g/mol. The Kier molecular flexibility index (Phi) is 6.87. The number of carbonyl (C=O) groups excluding carboxylic acids is 2. The largest absolute Gasteiger partial charge is 0.489 e. The lowest BCUT2D eigenvalue weighted by Crippen LogP contribution is -2.42. The zero-order valence-corrected chi connectivity index (χ0v) is 20.0. The maximum absolute atomic E-state index is 13.6. The Hall–Kier alpha value is -3.23. The lowest BCUT2D eigenvalue weighted by atomic mass is 9.87. The molecule has 1 N–H and O–H groups in total. The first-order valence-electron chi connectivity index (χ1n) is 10.8. The van der Waals surface area contributed by atoms with Gasteiger partial charge < -0.3 is 19.5 Å². The van der Waals surface area contributed by atoms with Gasteiger partial charge in [0.05, 0.1) is 5.56 Å². The minimum absolute atomic E-state index is 0.0337. The van der Waals surface area contributed by atoms with E-state index in [2.05, 4.69) is 5.32 Å². The molecule has 2 aromatic rings. The molecule has 184 valence electrons. The van der Waals surface area contributed by atoms with Gasteiger partial charge in [-0.15, -0.1) is 0 Å². The van der Waals surface area contributed by atoms with Gasteiger partial charge in [0.2, 0.25) is 5.91 Å². The number of anilines is 1. The summed E-state index contributed by atoms with van der Waals surface area (Å²) in [6.45, 7) is 9.79. The quantitative estimate of drug-likeness (QED) is 0.441. The summed E-state index contributed by atoms with van der Waals surface area (Å²) in [5.41, 5.74) is 1.47. The van der Waals surface area contributed by atoms with Gasteiger partial charge in [-0.1, -0.05) is 0 Å². The third-order valence-electron chi connectivity index (χ3n) is 5.95. The topological polar surface area (TPSA) is 73.9 Å². The summed E-state index contributed by atoms with van der Waals surface area (Å²) in [6, 6.07) is 3.40. The number of rotatable bonds is 5. The van der Waals surface area contributed by atoms with E-state index in [1.165, 1.54) is 26.0 Å². The van der Waals surface area contributed by atoms with Crippen molar-refractivity contribution in [2.45, 2.75) is 66.2 Å². The number of ether oxygens (including phenoxy) is 3. The van der Waals surface area contributed by atoms with Crippen molar-refractivity contribution in [3.63, 3.8) is 0 Å². The van der Waals surface area contributed by atoms with E-state index >= 15 is 0 Å². The average Bonchev–Trinajstić information content (AvgIpc) is 2.73. The van der Waals surface area contributed by atoms with Crippen LogP contribution in [0.5, 0.6) is 17.2 Å². The molecule has 0 saturated carbocycles. The lowest BCUT2D eigenvalue weighted by Gasteiger charge is -2.38. The van der Waals surface area contributed by atoms with Crippen molar-refractivity contribution in [2.24, 2.45) is 0 Å².